The molecular formula is C18H27Cl3N2O. The van der Waals surface area contributed by atoms with E-state index in [0.717, 1.165) is 38.1 Å². The molecule has 0 unspecified atom stereocenters. The van der Waals surface area contributed by atoms with Crippen LogP contribution in [0.3, 0.4) is 0 Å². The number of halogens is 3. The number of nitrogens with one attached hydrogen (secondary N) is 1. The van der Waals surface area contributed by atoms with Crippen molar-refractivity contribution in [1.29, 1.82) is 0 Å². The van der Waals surface area contributed by atoms with E-state index in [2.05, 4.69) is 36.2 Å². The molecule has 1 aromatic rings. The zero-order valence-electron chi connectivity index (χ0n) is 14.4. The Morgan fingerprint density at radius 2 is 1.83 bits per heavy atom. The number of hydrogen-bond acceptors (Lipinski definition) is 3. The first-order valence-electron chi connectivity index (χ1n) is 8.72. The number of ether oxygens (including phenoxy) is 1. The zero-order valence-corrected chi connectivity index (χ0v) is 16.7. The Balaban J connectivity index is 2.06. The van der Waals surface area contributed by atoms with Gasteiger partial charge in [-0.05, 0) is 50.8 Å². The smallest absolute Gasteiger partial charge is 0.209 e. The van der Waals surface area contributed by atoms with Crippen LogP contribution in [0.15, 0.2) is 24.3 Å². The fourth-order valence-electron chi connectivity index (χ4n) is 3.11. The van der Waals surface area contributed by atoms with Crippen molar-refractivity contribution in [3.05, 3.63) is 29.8 Å². The second kappa shape index (κ2) is 9.49. The molecule has 1 aliphatic heterocycles. The summed E-state index contributed by atoms with van der Waals surface area (Å²) in [6.45, 7) is 7.75. The molecule has 1 heterocycles. The molecule has 1 aliphatic rings. The third kappa shape index (κ3) is 5.67. The van der Waals surface area contributed by atoms with E-state index in [1.165, 1.54) is 12.1 Å². The van der Waals surface area contributed by atoms with Crippen molar-refractivity contribution in [2.45, 2.75) is 49.0 Å². The minimum atomic E-state index is -1.41. The van der Waals surface area contributed by atoms with Gasteiger partial charge in [-0.15, -0.1) is 0 Å². The maximum absolute atomic E-state index is 6.23. The van der Waals surface area contributed by atoms with Crippen LogP contribution in [0.2, 0.25) is 0 Å². The van der Waals surface area contributed by atoms with Crippen LogP contribution in [0.4, 0.5) is 5.69 Å². The fourth-order valence-corrected chi connectivity index (χ4v) is 3.72. The predicted molar refractivity (Wildman–Crippen MR) is 105 cm³/mol. The first kappa shape index (κ1) is 20.1. The van der Waals surface area contributed by atoms with E-state index < -0.39 is 3.79 Å². The van der Waals surface area contributed by atoms with Gasteiger partial charge in [0.05, 0.1) is 12.1 Å². The van der Waals surface area contributed by atoms with Crippen LogP contribution in [-0.4, -0.2) is 36.1 Å². The summed E-state index contributed by atoms with van der Waals surface area (Å²) in [7, 11) is 0. The van der Waals surface area contributed by atoms with E-state index >= 15 is 0 Å². The van der Waals surface area contributed by atoms with Crippen molar-refractivity contribution < 1.29 is 4.74 Å². The molecule has 3 nitrogen and oxygen atoms in total. The van der Waals surface area contributed by atoms with Crippen LogP contribution < -0.4 is 10.2 Å². The number of nitrogens with zero attached hydrogens (tertiary/aromatic N) is 1. The Labute approximate surface area is 160 Å². The highest BCUT2D eigenvalue weighted by Gasteiger charge is 2.34. The van der Waals surface area contributed by atoms with E-state index in [4.69, 9.17) is 39.5 Å². The monoisotopic (exact) mass is 392 g/mol. The number of rotatable bonds is 7. The summed E-state index contributed by atoms with van der Waals surface area (Å²) < 4.78 is 4.35. The summed E-state index contributed by atoms with van der Waals surface area (Å²) in [6.07, 6.45) is 3.59. The highest BCUT2D eigenvalue weighted by Crippen LogP contribution is 2.40. The maximum atomic E-state index is 6.23. The number of benzene rings is 1. The lowest BCUT2D eigenvalue weighted by molar-refractivity contribution is 0.0154. The molecule has 0 radical (unpaired) electrons. The average molecular weight is 394 g/mol. The Kier molecular flexibility index (Phi) is 7.96. The molecule has 1 fully saturated rings. The summed E-state index contributed by atoms with van der Waals surface area (Å²) >= 11 is 18.7. The highest BCUT2D eigenvalue weighted by molar-refractivity contribution is 6.68. The molecule has 2 rings (SSSR count). The van der Waals surface area contributed by atoms with Gasteiger partial charge < -0.3 is 15.0 Å². The molecule has 24 heavy (non-hydrogen) atoms. The second-order valence-electron chi connectivity index (χ2n) is 6.14. The van der Waals surface area contributed by atoms with Gasteiger partial charge in [-0.25, -0.2) is 0 Å². The topological polar surface area (TPSA) is 24.5 Å². The largest absolute Gasteiger partial charge is 0.377 e. The van der Waals surface area contributed by atoms with Gasteiger partial charge in [-0.3, -0.25) is 0 Å². The Hall–Kier alpha value is -0.190. The third-order valence-corrected chi connectivity index (χ3v) is 5.16. The molecule has 1 N–H and O–H groups in total. The number of anilines is 1. The van der Waals surface area contributed by atoms with Crippen molar-refractivity contribution >= 4 is 40.5 Å². The molecule has 0 aliphatic carbocycles. The van der Waals surface area contributed by atoms with Crippen molar-refractivity contribution in [3.8, 4) is 0 Å². The standard InChI is InChI=1S/C18H27Cl3N2O/c1-3-23(4-2)15-10-8-14(9-11-15)17(18(19,20)21)22-13-16-7-5-6-12-24-16/h8-11,16-17,22H,3-7,12-13H2,1-2H3/t16-,17-/m0/s1. The molecule has 0 saturated carbocycles. The van der Waals surface area contributed by atoms with E-state index in [-0.39, 0.29) is 12.1 Å². The third-order valence-electron chi connectivity index (χ3n) is 4.51. The van der Waals surface area contributed by atoms with Crippen LogP contribution >= 0.6 is 34.8 Å². The molecule has 136 valence electrons. The second-order valence-corrected chi connectivity index (χ2v) is 8.50. The lowest BCUT2D eigenvalue weighted by Gasteiger charge is -2.30. The van der Waals surface area contributed by atoms with Gasteiger partial charge in [0.25, 0.3) is 0 Å². The van der Waals surface area contributed by atoms with Crippen LogP contribution in [0, 0.1) is 0 Å². The van der Waals surface area contributed by atoms with Crippen LogP contribution in [0.5, 0.6) is 0 Å². The first-order chi connectivity index (χ1) is 11.5. The summed E-state index contributed by atoms with van der Waals surface area (Å²) in [5.41, 5.74) is 2.16. The fraction of sp³-hybridized carbons (Fsp3) is 0.667. The normalized spacial score (nSPS) is 20.0. The number of hydrogen-bond donors (Lipinski definition) is 1. The van der Waals surface area contributed by atoms with Crippen molar-refractivity contribution in [1.82, 2.24) is 5.32 Å². The predicted octanol–water partition coefficient (Wildman–Crippen LogP) is 5.10. The highest BCUT2D eigenvalue weighted by atomic mass is 35.6. The van der Waals surface area contributed by atoms with Crippen LogP contribution in [0.1, 0.15) is 44.7 Å². The molecule has 6 heteroatoms. The van der Waals surface area contributed by atoms with Crippen LogP contribution in [-0.2, 0) is 4.74 Å². The molecule has 0 aromatic heterocycles. The summed E-state index contributed by atoms with van der Waals surface area (Å²) in [4.78, 5) is 2.29. The van der Waals surface area contributed by atoms with Crippen molar-refractivity contribution in [2.75, 3.05) is 31.1 Å². The van der Waals surface area contributed by atoms with E-state index in [1.807, 2.05) is 12.1 Å². The van der Waals surface area contributed by atoms with Gasteiger partial charge >= 0.3 is 0 Å². The Bertz CT molecular complexity index is 480. The lowest BCUT2D eigenvalue weighted by atomic mass is 10.1. The molecular weight excluding hydrogens is 367 g/mol. The van der Waals surface area contributed by atoms with Crippen molar-refractivity contribution in [3.63, 3.8) is 0 Å². The van der Waals surface area contributed by atoms with Gasteiger partial charge in [0, 0.05) is 31.9 Å². The van der Waals surface area contributed by atoms with Gasteiger partial charge in [0.2, 0.25) is 3.79 Å². The Morgan fingerprint density at radius 3 is 2.33 bits per heavy atom. The van der Waals surface area contributed by atoms with Gasteiger partial charge in [0.1, 0.15) is 0 Å². The number of alkyl halides is 3. The van der Waals surface area contributed by atoms with Gasteiger partial charge in [-0.1, -0.05) is 46.9 Å². The molecule has 0 bridgehead atoms. The Morgan fingerprint density at radius 1 is 1.17 bits per heavy atom. The molecule has 1 aromatic carbocycles. The molecule has 1 saturated heterocycles. The molecule has 2 atom stereocenters. The van der Waals surface area contributed by atoms with Gasteiger partial charge in [0.15, 0.2) is 0 Å². The molecule has 0 amide bonds. The summed E-state index contributed by atoms with van der Waals surface area (Å²) in [5, 5.41) is 3.39. The van der Waals surface area contributed by atoms with E-state index in [0.29, 0.717) is 6.54 Å². The van der Waals surface area contributed by atoms with E-state index in [9.17, 15) is 0 Å². The van der Waals surface area contributed by atoms with Gasteiger partial charge in [-0.2, -0.15) is 0 Å². The molecule has 0 spiro atoms. The lowest BCUT2D eigenvalue weighted by Crippen LogP contribution is -2.39. The zero-order chi connectivity index (χ0) is 17.6. The van der Waals surface area contributed by atoms with E-state index in [1.54, 1.807) is 0 Å². The van der Waals surface area contributed by atoms with Crippen molar-refractivity contribution in [2.24, 2.45) is 0 Å². The quantitative estimate of drug-likeness (QED) is 0.652. The average Bonchev–Trinajstić information content (AvgIpc) is 2.57. The summed E-state index contributed by atoms with van der Waals surface area (Å²) in [6, 6.07) is 7.89. The van der Waals surface area contributed by atoms with Crippen LogP contribution in [0.25, 0.3) is 0 Å². The minimum absolute atomic E-state index is 0.198. The maximum Gasteiger partial charge on any atom is 0.209 e. The SMILES string of the molecule is CCN(CC)c1ccc([C@H](NC[C@@H]2CCCCO2)C(Cl)(Cl)Cl)cc1. The first-order valence-corrected chi connectivity index (χ1v) is 9.85. The summed E-state index contributed by atoms with van der Waals surface area (Å²) in [5.74, 6) is 0. The minimum Gasteiger partial charge on any atom is -0.377 e.